The van der Waals surface area contributed by atoms with E-state index < -0.39 is 48.9 Å². The summed E-state index contributed by atoms with van der Waals surface area (Å²) in [6, 6.07) is 3.42. The van der Waals surface area contributed by atoms with Crippen LogP contribution in [0.25, 0.3) is 0 Å². The largest absolute Gasteiger partial charge is 0.465 e. The minimum absolute atomic E-state index is 0.0519. The monoisotopic (exact) mass is 718 g/mol. The van der Waals surface area contributed by atoms with Crippen molar-refractivity contribution in [2.75, 3.05) is 13.2 Å². The summed E-state index contributed by atoms with van der Waals surface area (Å²) in [5.74, 6) is -0.341. The Balaban J connectivity index is 0.852. The van der Waals surface area contributed by atoms with Crippen LogP contribution in [0.4, 0.5) is 0 Å². The summed E-state index contributed by atoms with van der Waals surface area (Å²) in [7, 11) is 0. The van der Waals surface area contributed by atoms with Crippen molar-refractivity contribution >= 4 is 11.9 Å². The van der Waals surface area contributed by atoms with Crippen molar-refractivity contribution in [3.05, 3.63) is 34.4 Å². The number of carbonyl (C=O) groups is 2. The second kappa shape index (κ2) is 13.8. The number of hydrogen-bond donors (Lipinski definition) is 5. The lowest BCUT2D eigenvalue weighted by atomic mass is 9.42. The van der Waals surface area contributed by atoms with Gasteiger partial charge in [0.15, 0.2) is 0 Å². The highest BCUT2D eigenvalue weighted by Gasteiger charge is 2.81. The van der Waals surface area contributed by atoms with Gasteiger partial charge in [0, 0.05) is 17.9 Å². The summed E-state index contributed by atoms with van der Waals surface area (Å²) in [6.45, 7) is 4.24. The van der Waals surface area contributed by atoms with E-state index in [1.54, 1.807) is 6.26 Å². The Morgan fingerprint density at radius 3 is 2.41 bits per heavy atom. The van der Waals surface area contributed by atoms with E-state index in [0.29, 0.717) is 50.4 Å². The molecule has 0 aromatic carbocycles. The van der Waals surface area contributed by atoms with Gasteiger partial charge < -0.3 is 48.9 Å². The zero-order valence-electron chi connectivity index (χ0n) is 29.6. The van der Waals surface area contributed by atoms with Gasteiger partial charge in [-0.25, -0.2) is 4.79 Å². The molecule has 1 aromatic heterocycles. The van der Waals surface area contributed by atoms with Gasteiger partial charge in [-0.1, -0.05) is 26.7 Å². The maximum absolute atomic E-state index is 13.2. The number of ether oxygens (including phenoxy) is 4. The van der Waals surface area contributed by atoms with Gasteiger partial charge in [0.25, 0.3) is 0 Å². The van der Waals surface area contributed by atoms with E-state index in [1.807, 2.05) is 6.07 Å². The van der Waals surface area contributed by atoms with Crippen LogP contribution in [-0.4, -0.2) is 98.7 Å². The molecule has 7 rings (SSSR count). The molecule has 3 heterocycles. The molecule has 6 fully saturated rings. The van der Waals surface area contributed by atoms with Crippen molar-refractivity contribution in [2.45, 2.75) is 151 Å². The molecule has 4 saturated carbocycles. The van der Waals surface area contributed by atoms with Gasteiger partial charge in [0.1, 0.15) is 30.0 Å². The summed E-state index contributed by atoms with van der Waals surface area (Å²) in [5, 5.41) is 51.3. The number of fused-ring (bicyclic) bond motifs is 3. The summed E-state index contributed by atoms with van der Waals surface area (Å²) in [5.41, 5.74) is -0.826. The molecule has 2 saturated heterocycles. The first-order valence-electron chi connectivity index (χ1n) is 18.9. The Morgan fingerprint density at radius 2 is 1.67 bits per heavy atom. The molecule has 284 valence electrons. The zero-order valence-corrected chi connectivity index (χ0v) is 29.6. The highest BCUT2D eigenvalue weighted by molar-refractivity contribution is 5.73. The number of epoxide rings is 1. The molecule has 1 spiro atoms. The van der Waals surface area contributed by atoms with Crippen molar-refractivity contribution in [1.29, 1.82) is 0 Å². The van der Waals surface area contributed by atoms with Crippen molar-refractivity contribution in [3.8, 4) is 0 Å². The second-order valence-electron chi connectivity index (χ2n) is 16.7. The predicted octanol–water partition coefficient (Wildman–Crippen LogP) is 2.47. The van der Waals surface area contributed by atoms with Crippen LogP contribution in [0, 0.1) is 28.6 Å². The smallest absolute Gasteiger partial charge is 0.335 e. The lowest BCUT2D eigenvalue weighted by molar-refractivity contribution is -0.292. The van der Waals surface area contributed by atoms with E-state index in [9.17, 15) is 39.9 Å². The first-order chi connectivity index (χ1) is 24.3. The fourth-order valence-corrected chi connectivity index (χ4v) is 11.3. The van der Waals surface area contributed by atoms with E-state index in [0.717, 1.165) is 44.1 Å². The van der Waals surface area contributed by atoms with E-state index in [2.05, 4.69) is 13.8 Å². The van der Waals surface area contributed by atoms with Crippen molar-refractivity contribution in [3.63, 3.8) is 0 Å². The van der Waals surface area contributed by atoms with Gasteiger partial charge in [-0.3, -0.25) is 9.59 Å². The maximum Gasteiger partial charge on any atom is 0.335 e. The molecule has 5 N–H and O–H groups in total. The third-order valence-corrected chi connectivity index (χ3v) is 14.3. The number of aliphatic hydroxyl groups excluding tert-OH is 4. The molecule has 14 atom stereocenters. The predicted molar refractivity (Wildman–Crippen MR) is 178 cm³/mol. The van der Waals surface area contributed by atoms with Gasteiger partial charge in [-0.15, -0.1) is 0 Å². The highest BCUT2D eigenvalue weighted by Crippen LogP contribution is 2.78. The zero-order chi connectivity index (χ0) is 36.3. The molecular weight excluding hydrogens is 664 g/mol. The Kier molecular flexibility index (Phi) is 9.99. The molecular formula is C38H54O13. The van der Waals surface area contributed by atoms with Gasteiger partial charge in [-0.2, -0.15) is 0 Å². The van der Waals surface area contributed by atoms with Crippen LogP contribution in [0.15, 0.2) is 27.6 Å². The van der Waals surface area contributed by atoms with E-state index in [4.69, 9.17) is 23.4 Å². The van der Waals surface area contributed by atoms with Crippen molar-refractivity contribution in [2.24, 2.45) is 28.6 Å². The first kappa shape index (κ1) is 36.9. The maximum atomic E-state index is 13.2. The molecule has 51 heavy (non-hydrogen) atoms. The summed E-state index contributed by atoms with van der Waals surface area (Å²) in [6.07, 6.45) is 3.20. The molecule has 0 amide bonds. The number of unbranched alkanes of at least 4 members (excludes halogenated alkanes) is 3. The summed E-state index contributed by atoms with van der Waals surface area (Å²) < 4.78 is 27.9. The molecule has 4 aliphatic carbocycles. The van der Waals surface area contributed by atoms with E-state index in [-0.39, 0.29) is 59.0 Å². The Hall–Kier alpha value is -2.39. The molecule has 6 aliphatic rings. The van der Waals surface area contributed by atoms with E-state index >= 15 is 0 Å². The fraction of sp³-hybridized carbons (Fsp3) is 0.816. The number of aliphatic hydroxyl groups is 5. The first-order valence-corrected chi connectivity index (χ1v) is 18.9. The normalized spacial score (nSPS) is 45.5. The van der Waals surface area contributed by atoms with Gasteiger partial charge in [0.2, 0.25) is 6.29 Å². The Morgan fingerprint density at radius 1 is 0.922 bits per heavy atom. The standard InChI is InChI=1S/C38H54O13/c1-35-13-10-21(33(45)47-16-6-4-3-5-7-29(41)50-34-32(44)31(43)30(42)26(19-39)49-34)18-37(35,46)15-12-24-23(35)11-14-36(2)25(17-27-38(24,36)51-27)22-8-9-28(40)48-20-22/h8-9,20-21,23-27,30-32,34,39,42-44,46H,3-7,10-19H2,1-2H3. The highest BCUT2D eigenvalue weighted by atomic mass is 16.7. The number of hydrogen-bond acceptors (Lipinski definition) is 13. The molecule has 2 aliphatic heterocycles. The van der Waals surface area contributed by atoms with Gasteiger partial charge >= 0.3 is 17.6 Å². The summed E-state index contributed by atoms with van der Waals surface area (Å²) >= 11 is 0. The van der Waals surface area contributed by atoms with Crippen LogP contribution in [0.5, 0.6) is 0 Å². The van der Waals surface area contributed by atoms with Crippen molar-refractivity contribution in [1.82, 2.24) is 0 Å². The second-order valence-corrected chi connectivity index (χ2v) is 16.7. The Labute approximate surface area is 297 Å². The molecule has 0 bridgehead atoms. The SMILES string of the molecule is CC12CCC(C(=O)OCCCCCCC(=O)OC3OC(CO)C(O)C(O)C3O)CC1(O)CCC1C2CCC2(C)C(c3ccc(=O)oc3)CC3OC312. The molecule has 13 heteroatoms. The number of esters is 2. The topological polar surface area (TPSA) is 206 Å². The molecule has 13 nitrogen and oxygen atoms in total. The van der Waals surface area contributed by atoms with Gasteiger partial charge in [-0.05, 0) is 99.0 Å². The quantitative estimate of drug-likeness (QED) is 0.127. The third kappa shape index (κ3) is 6.08. The fourth-order valence-electron chi connectivity index (χ4n) is 11.3. The average Bonchev–Trinajstić information content (AvgIpc) is 3.77. The summed E-state index contributed by atoms with van der Waals surface area (Å²) in [4.78, 5) is 37.1. The lowest BCUT2D eigenvalue weighted by Crippen LogP contribution is -2.65. The minimum atomic E-state index is -1.63. The van der Waals surface area contributed by atoms with Crippen LogP contribution < -0.4 is 5.63 Å². The van der Waals surface area contributed by atoms with Crippen LogP contribution in [0.1, 0.15) is 109 Å². The van der Waals surface area contributed by atoms with Crippen molar-refractivity contribution < 1.29 is 58.5 Å². The number of carbonyl (C=O) groups excluding carboxylic acids is 2. The van der Waals surface area contributed by atoms with E-state index in [1.165, 1.54) is 6.07 Å². The molecule has 14 unspecified atom stereocenters. The minimum Gasteiger partial charge on any atom is -0.465 e. The van der Waals surface area contributed by atoms with Crippen LogP contribution in [0.2, 0.25) is 0 Å². The van der Waals surface area contributed by atoms with Crippen LogP contribution in [-0.2, 0) is 28.5 Å². The third-order valence-electron chi connectivity index (χ3n) is 14.3. The van der Waals surface area contributed by atoms with Gasteiger partial charge in [0.05, 0.1) is 37.1 Å². The number of rotatable bonds is 11. The molecule has 1 aromatic rings. The Bertz CT molecular complexity index is 1490. The average molecular weight is 719 g/mol. The lowest BCUT2D eigenvalue weighted by Gasteiger charge is -2.64. The van der Waals surface area contributed by atoms with Crippen LogP contribution in [0.3, 0.4) is 0 Å². The van der Waals surface area contributed by atoms with Crippen LogP contribution >= 0.6 is 0 Å². The molecule has 0 radical (unpaired) electrons.